The Morgan fingerprint density at radius 1 is 1.00 bits per heavy atom. The van der Waals surface area contributed by atoms with Crippen molar-refractivity contribution in [2.24, 2.45) is 0 Å². The Balaban J connectivity index is 0.00000114. The molecule has 1 aliphatic carbocycles. The summed E-state index contributed by atoms with van der Waals surface area (Å²) in [4.78, 5) is 2.57. The van der Waals surface area contributed by atoms with Crippen molar-refractivity contribution in [2.75, 3.05) is 6.54 Å². The molecule has 0 radical (unpaired) electrons. The molecule has 1 fully saturated rings. The number of hydrogen-bond acceptors (Lipinski definition) is 2. The van der Waals surface area contributed by atoms with Crippen molar-refractivity contribution >= 4 is 0 Å². The molecule has 2 aromatic rings. The first-order valence-electron chi connectivity index (χ1n) is 11.9. The van der Waals surface area contributed by atoms with E-state index in [9.17, 15) is 8.78 Å². The Morgan fingerprint density at radius 3 is 2.25 bits per heavy atom. The fraction of sp³-hybridized carbons (Fsp3) is 0.536. The van der Waals surface area contributed by atoms with E-state index in [1.807, 2.05) is 0 Å². The number of alkyl halides is 2. The van der Waals surface area contributed by atoms with Crippen molar-refractivity contribution < 1.29 is 8.78 Å². The molecule has 4 unspecified atom stereocenters. The first-order chi connectivity index (χ1) is 15.5. The molecule has 0 N–H and O–H groups in total. The molecule has 1 saturated carbocycles. The fourth-order valence-electron chi connectivity index (χ4n) is 4.46. The van der Waals surface area contributed by atoms with E-state index in [0.29, 0.717) is 18.9 Å². The Kier molecular flexibility index (Phi) is 11.4. The third kappa shape index (κ3) is 8.36. The summed E-state index contributed by atoms with van der Waals surface area (Å²) in [5.74, 6) is 0.163. The molecule has 1 aliphatic rings. The maximum atomic E-state index is 13.7. The summed E-state index contributed by atoms with van der Waals surface area (Å²) in [6.45, 7) is 8.10. The lowest BCUT2D eigenvalue weighted by Crippen LogP contribution is -2.33. The molecule has 0 aromatic heterocycles. The average Bonchev–Trinajstić information content (AvgIpc) is 2.80. The molecule has 0 bridgehead atoms. The van der Waals surface area contributed by atoms with Gasteiger partial charge >= 0.3 is 0 Å². The summed E-state index contributed by atoms with van der Waals surface area (Å²) in [7, 11) is 0. The molecule has 2 aromatic carbocycles. The minimum absolute atomic E-state index is 0.163. The van der Waals surface area contributed by atoms with Gasteiger partial charge in [0.05, 0.1) is 6.07 Å². The minimum Gasteiger partial charge on any atom is -0.296 e. The molecule has 0 saturated heterocycles. The van der Waals surface area contributed by atoms with Crippen LogP contribution in [-0.2, 0) is 13.0 Å². The van der Waals surface area contributed by atoms with Crippen LogP contribution < -0.4 is 0 Å². The smallest absolute Gasteiger partial charge is 0.132 e. The van der Waals surface area contributed by atoms with Crippen molar-refractivity contribution in [3.8, 4) is 6.07 Å². The maximum absolute atomic E-state index is 13.7. The van der Waals surface area contributed by atoms with Crippen molar-refractivity contribution in [2.45, 2.75) is 90.1 Å². The summed E-state index contributed by atoms with van der Waals surface area (Å²) >= 11 is 0. The first-order valence-corrected chi connectivity index (χ1v) is 11.9. The van der Waals surface area contributed by atoms with E-state index in [2.05, 4.69) is 73.3 Å². The molecule has 0 spiro atoms. The lowest BCUT2D eigenvalue weighted by molar-refractivity contribution is 0.108. The van der Waals surface area contributed by atoms with E-state index in [-0.39, 0.29) is 5.92 Å². The van der Waals surface area contributed by atoms with Gasteiger partial charge in [0.2, 0.25) is 0 Å². The SMILES string of the molecule is CC#N.CCCN(Cc1ccccc1)C(C)CCc1ccc(C2CCC(F)C(F)C2)cc1. The van der Waals surface area contributed by atoms with Crippen LogP contribution in [0, 0.1) is 11.3 Å². The second kappa shape index (κ2) is 14.0. The normalized spacial score (nSPS) is 21.3. The molecule has 4 heteroatoms. The third-order valence-electron chi connectivity index (χ3n) is 6.36. The molecule has 0 amide bonds. The van der Waals surface area contributed by atoms with Gasteiger partial charge in [-0.05, 0) is 74.6 Å². The van der Waals surface area contributed by atoms with Gasteiger partial charge in [-0.25, -0.2) is 8.78 Å². The second-order valence-electron chi connectivity index (χ2n) is 8.85. The van der Waals surface area contributed by atoms with E-state index in [4.69, 9.17) is 5.26 Å². The third-order valence-corrected chi connectivity index (χ3v) is 6.36. The largest absolute Gasteiger partial charge is 0.296 e. The van der Waals surface area contributed by atoms with Crippen molar-refractivity contribution in [1.82, 2.24) is 4.90 Å². The van der Waals surface area contributed by atoms with Gasteiger partial charge in [0.15, 0.2) is 0 Å². The van der Waals surface area contributed by atoms with Crippen LogP contribution >= 0.6 is 0 Å². The van der Waals surface area contributed by atoms with Gasteiger partial charge in [-0.2, -0.15) is 5.26 Å². The van der Waals surface area contributed by atoms with Gasteiger partial charge in [0, 0.05) is 19.5 Å². The van der Waals surface area contributed by atoms with Crippen LogP contribution in [0.5, 0.6) is 0 Å². The van der Waals surface area contributed by atoms with Gasteiger partial charge < -0.3 is 0 Å². The first kappa shape index (κ1) is 26.0. The number of rotatable bonds is 9. The highest BCUT2D eigenvalue weighted by Gasteiger charge is 2.31. The molecule has 4 atom stereocenters. The molecular weight excluding hydrogens is 402 g/mol. The molecule has 0 heterocycles. The predicted octanol–water partition coefficient (Wildman–Crippen LogP) is 7.39. The van der Waals surface area contributed by atoms with E-state index >= 15 is 0 Å². The molecule has 32 heavy (non-hydrogen) atoms. The zero-order valence-electron chi connectivity index (χ0n) is 19.8. The van der Waals surface area contributed by atoms with Crippen LogP contribution in [0.25, 0.3) is 0 Å². The summed E-state index contributed by atoms with van der Waals surface area (Å²) < 4.78 is 27.1. The second-order valence-corrected chi connectivity index (χ2v) is 8.85. The Labute approximate surface area is 193 Å². The van der Waals surface area contributed by atoms with E-state index in [0.717, 1.165) is 44.3 Å². The van der Waals surface area contributed by atoms with Gasteiger partial charge in [-0.3, -0.25) is 4.90 Å². The minimum atomic E-state index is -1.30. The standard InChI is InChI=1S/C26H35F2N.C2H3N/c1-3-17-29(19-22-7-5-4-6-8-22)20(2)9-10-21-11-13-23(14-12-21)24-15-16-25(27)26(28)18-24;1-2-3/h4-8,11-14,20,24-26H,3,9-10,15-19H2,1-2H3;1H3. The quantitative estimate of drug-likeness (QED) is 0.406. The van der Waals surface area contributed by atoms with Crippen LogP contribution in [0.4, 0.5) is 8.78 Å². The maximum Gasteiger partial charge on any atom is 0.132 e. The van der Waals surface area contributed by atoms with Gasteiger partial charge in [-0.15, -0.1) is 0 Å². The number of benzene rings is 2. The molecular formula is C28H38F2N2. The molecule has 3 rings (SSSR count). The summed E-state index contributed by atoms with van der Waals surface area (Å²) in [6, 6.07) is 21.6. The molecule has 174 valence electrons. The molecule has 2 nitrogen and oxygen atoms in total. The van der Waals surface area contributed by atoms with Crippen LogP contribution in [0.1, 0.15) is 75.5 Å². The summed E-state index contributed by atoms with van der Waals surface area (Å²) in [5.41, 5.74) is 3.85. The predicted molar refractivity (Wildman–Crippen MR) is 129 cm³/mol. The van der Waals surface area contributed by atoms with Crippen LogP contribution in [0.15, 0.2) is 54.6 Å². The zero-order valence-corrected chi connectivity index (χ0v) is 19.8. The van der Waals surface area contributed by atoms with E-state index in [1.165, 1.54) is 18.1 Å². The lowest BCUT2D eigenvalue weighted by Gasteiger charge is -2.29. The Hall–Kier alpha value is -2.25. The van der Waals surface area contributed by atoms with Gasteiger partial charge in [0.1, 0.15) is 12.3 Å². The number of nitriles is 1. The monoisotopic (exact) mass is 440 g/mol. The van der Waals surface area contributed by atoms with Gasteiger partial charge in [0.25, 0.3) is 0 Å². The highest BCUT2D eigenvalue weighted by Crippen LogP contribution is 2.35. The van der Waals surface area contributed by atoms with E-state index < -0.39 is 12.3 Å². The molecule has 0 aliphatic heterocycles. The van der Waals surface area contributed by atoms with E-state index in [1.54, 1.807) is 6.07 Å². The zero-order chi connectivity index (χ0) is 23.3. The number of halogens is 2. The van der Waals surface area contributed by atoms with Gasteiger partial charge in [-0.1, -0.05) is 61.5 Å². The topological polar surface area (TPSA) is 27.0 Å². The number of hydrogen-bond donors (Lipinski definition) is 0. The van der Waals surface area contributed by atoms with Crippen molar-refractivity contribution in [3.63, 3.8) is 0 Å². The Morgan fingerprint density at radius 2 is 1.66 bits per heavy atom. The van der Waals surface area contributed by atoms with Crippen molar-refractivity contribution in [3.05, 3.63) is 71.3 Å². The van der Waals surface area contributed by atoms with Crippen LogP contribution in [0.3, 0.4) is 0 Å². The number of aryl methyl sites for hydroxylation is 1. The highest BCUT2D eigenvalue weighted by molar-refractivity contribution is 5.26. The summed E-state index contributed by atoms with van der Waals surface area (Å²) in [5, 5.41) is 7.32. The van der Waals surface area contributed by atoms with Crippen molar-refractivity contribution in [1.29, 1.82) is 5.26 Å². The summed E-state index contributed by atoms with van der Waals surface area (Å²) in [6.07, 6.45) is 2.16. The highest BCUT2D eigenvalue weighted by atomic mass is 19.2. The average molecular weight is 441 g/mol. The lowest BCUT2D eigenvalue weighted by atomic mass is 9.82. The van der Waals surface area contributed by atoms with Crippen LogP contribution in [0.2, 0.25) is 0 Å². The Bertz CT molecular complexity index is 800. The number of nitrogens with zero attached hydrogens (tertiary/aromatic N) is 2. The fourth-order valence-corrected chi connectivity index (χ4v) is 4.46. The van der Waals surface area contributed by atoms with Crippen LogP contribution in [-0.4, -0.2) is 29.8 Å².